The average Bonchev–Trinajstić information content (AvgIpc) is 2.16. The Morgan fingerprint density at radius 2 is 2.19 bits per heavy atom. The highest BCUT2D eigenvalue weighted by Crippen LogP contribution is 2.12. The lowest BCUT2D eigenvalue weighted by Gasteiger charge is -2.10. The van der Waals surface area contributed by atoms with E-state index in [1.54, 1.807) is 31.1 Å². The van der Waals surface area contributed by atoms with Crippen molar-refractivity contribution in [2.45, 2.75) is 4.90 Å². The second-order valence-corrected chi connectivity index (χ2v) is 4.53. The van der Waals surface area contributed by atoms with Crippen LogP contribution in [0.2, 0.25) is 0 Å². The molecule has 88 valence electrons. The van der Waals surface area contributed by atoms with E-state index in [1.807, 2.05) is 0 Å². The zero-order chi connectivity index (χ0) is 12.1. The molecular weight excluding hydrogens is 228 g/mol. The summed E-state index contributed by atoms with van der Waals surface area (Å²) in [4.78, 5) is 13.4. The zero-order valence-corrected chi connectivity index (χ0v) is 9.95. The number of benzene rings is 1. The number of hydrogen-bond acceptors (Lipinski definition) is 3. The third kappa shape index (κ3) is 4.09. The molecule has 5 nitrogen and oxygen atoms in total. The SMILES string of the molecule is CN(C)CC(=O)Nc1cccc(S(=O)O)c1. The van der Waals surface area contributed by atoms with Gasteiger partial charge in [0, 0.05) is 5.69 Å². The molecule has 0 fully saturated rings. The maximum absolute atomic E-state index is 11.4. The number of likely N-dealkylation sites (N-methyl/N-ethyl adjacent to an activating group) is 1. The van der Waals surface area contributed by atoms with E-state index >= 15 is 0 Å². The Kier molecular flexibility index (Phi) is 4.60. The molecule has 0 aromatic heterocycles. The van der Waals surface area contributed by atoms with Crippen LogP contribution in [0.1, 0.15) is 0 Å². The van der Waals surface area contributed by atoms with E-state index in [9.17, 15) is 9.00 Å². The molecule has 16 heavy (non-hydrogen) atoms. The first kappa shape index (κ1) is 12.8. The standard InChI is InChI=1S/C10H14N2O3S/c1-12(2)7-10(13)11-8-4-3-5-9(6-8)16(14)15/h3-6H,7H2,1-2H3,(H,11,13)(H,14,15). The summed E-state index contributed by atoms with van der Waals surface area (Å²) in [6, 6.07) is 6.29. The van der Waals surface area contributed by atoms with Crippen molar-refractivity contribution >= 4 is 22.7 Å². The van der Waals surface area contributed by atoms with Gasteiger partial charge in [0.2, 0.25) is 5.91 Å². The highest BCUT2D eigenvalue weighted by Gasteiger charge is 2.05. The van der Waals surface area contributed by atoms with Crippen LogP contribution in [0.5, 0.6) is 0 Å². The smallest absolute Gasteiger partial charge is 0.238 e. The first-order chi connectivity index (χ1) is 7.49. The fourth-order valence-electron chi connectivity index (χ4n) is 1.17. The topological polar surface area (TPSA) is 69.6 Å². The lowest BCUT2D eigenvalue weighted by atomic mass is 10.3. The second-order valence-electron chi connectivity index (χ2n) is 3.56. The van der Waals surface area contributed by atoms with Crippen molar-refractivity contribution in [2.24, 2.45) is 0 Å². The Hall–Kier alpha value is -1.24. The minimum atomic E-state index is -2.03. The molecule has 6 heteroatoms. The van der Waals surface area contributed by atoms with Crippen molar-refractivity contribution in [2.75, 3.05) is 26.0 Å². The monoisotopic (exact) mass is 242 g/mol. The summed E-state index contributed by atoms with van der Waals surface area (Å²) in [6.45, 7) is 0.270. The normalized spacial score (nSPS) is 12.5. The molecule has 2 N–H and O–H groups in total. The Bertz CT molecular complexity index is 407. The predicted octanol–water partition coefficient (Wildman–Crippen LogP) is 0.767. The van der Waals surface area contributed by atoms with Gasteiger partial charge in [-0.15, -0.1) is 0 Å². The third-order valence-corrected chi connectivity index (χ3v) is 2.44. The maximum Gasteiger partial charge on any atom is 0.238 e. The van der Waals surface area contributed by atoms with Gasteiger partial charge in [0.1, 0.15) is 0 Å². The fraction of sp³-hybridized carbons (Fsp3) is 0.300. The number of amides is 1. The van der Waals surface area contributed by atoms with Gasteiger partial charge in [-0.2, -0.15) is 0 Å². The van der Waals surface area contributed by atoms with Crippen LogP contribution in [-0.4, -0.2) is 40.2 Å². The fourth-order valence-corrected chi connectivity index (χ4v) is 1.59. The first-order valence-corrected chi connectivity index (χ1v) is 5.75. The number of carbonyl (C=O) groups excluding carboxylic acids is 1. The van der Waals surface area contributed by atoms with Gasteiger partial charge < -0.3 is 14.8 Å². The zero-order valence-electron chi connectivity index (χ0n) is 9.14. The van der Waals surface area contributed by atoms with Gasteiger partial charge in [-0.25, -0.2) is 4.21 Å². The molecule has 0 radical (unpaired) electrons. The van der Waals surface area contributed by atoms with E-state index in [-0.39, 0.29) is 17.3 Å². The van der Waals surface area contributed by atoms with Crippen molar-refractivity contribution in [3.05, 3.63) is 24.3 Å². The molecule has 1 aromatic carbocycles. The van der Waals surface area contributed by atoms with E-state index in [4.69, 9.17) is 4.55 Å². The molecule has 0 heterocycles. The summed E-state index contributed by atoms with van der Waals surface area (Å²) in [5.41, 5.74) is 0.520. The molecule has 0 saturated carbocycles. The van der Waals surface area contributed by atoms with Crippen molar-refractivity contribution in [3.8, 4) is 0 Å². The van der Waals surface area contributed by atoms with Crippen LogP contribution in [-0.2, 0) is 15.9 Å². The Labute approximate surface area is 96.7 Å². The molecule has 1 aromatic rings. The third-order valence-electron chi connectivity index (χ3n) is 1.78. The number of hydrogen-bond donors (Lipinski definition) is 2. The van der Waals surface area contributed by atoms with E-state index in [1.165, 1.54) is 12.1 Å². The average molecular weight is 242 g/mol. The van der Waals surface area contributed by atoms with Crippen LogP contribution in [0.25, 0.3) is 0 Å². The van der Waals surface area contributed by atoms with Gasteiger partial charge in [-0.3, -0.25) is 4.79 Å². The van der Waals surface area contributed by atoms with Gasteiger partial charge in [0.15, 0.2) is 11.1 Å². The number of carbonyl (C=O) groups is 1. The first-order valence-electron chi connectivity index (χ1n) is 4.64. The van der Waals surface area contributed by atoms with Gasteiger partial charge in [-0.05, 0) is 32.3 Å². The van der Waals surface area contributed by atoms with E-state index < -0.39 is 11.1 Å². The molecule has 1 amide bonds. The molecule has 1 unspecified atom stereocenters. The quantitative estimate of drug-likeness (QED) is 0.765. The van der Waals surface area contributed by atoms with Gasteiger partial charge in [0.05, 0.1) is 11.4 Å². The summed E-state index contributed by atoms with van der Waals surface area (Å²) in [7, 11) is 3.58. The molecule has 0 bridgehead atoms. The molecule has 1 atom stereocenters. The Morgan fingerprint density at radius 3 is 2.75 bits per heavy atom. The summed E-state index contributed by atoms with van der Waals surface area (Å²) in [6.07, 6.45) is 0. The van der Waals surface area contributed by atoms with Crippen molar-refractivity contribution in [3.63, 3.8) is 0 Å². The summed E-state index contributed by atoms with van der Waals surface area (Å²) in [5, 5.41) is 2.64. The van der Waals surface area contributed by atoms with E-state index in [0.717, 1.165) is 0 Å². The molecule has 0 spiro atoms. The molecule has 1 rings (SSSR count). The van der Waals surface area contributed by atoms with Crippen LogP contribution in [0.4, 0.5) is 5.69 Å². The van der Waals surface area contributed by atoms with Gasteiger partial charge >= 0.3 is 0 Å². The number of nitrogens with one attached hydrogen (secondary N) is 1. The lowest BCUT2D eigenvalue weighted by molar-refractivity contribution is -0.116. The second kappa shape index (κ2) is 5.74. The molecule has 0 aliphatic rings. The van der Waals surface area contributed by atoms with Gasteiger partial charge in [0.25, 0.3) is 0 Å². The van der Waals surface area contributed by atoms with Crippen molar-refractivity contribution in [1.29, 1.82) is 0 Å². The maximum atomic E-state index is 11.4. The van der Waals surface area contributed by atoms with Crippen LogP contribution in [0.15, 0.2) is 29.2 Å². The summed E-state index contributed by atoms with van der Waals surface area (Å²) < 4.78 is 19.7. The van der Waals surface area contributed by atoms with Crippen LogP contribution >= 0.6 is 0 Å². The minimum Gasteiger partial charge on any atom is -0.325 e. The van der Waals surface area contributed by atoms with Crippen molar-refractivity contribution < 1.29 is 13.6 Å². The molecule has 0 saturated heterocycles. The number of anilines is 1. The molecule has 0 aliphatic carbocycles. The Morgan fingerprint density at radius 1 is 1.50 bits per heavy atom. The lowest BCUT2D eigenvalue weighted by Crippen LogP contribution is -2.27. The Balaban J connectivity index is 2.70. The number of nitrogens with zero attached hydrogens (tertiary/aromatic N) is 1. The number of rotatable bonds is 4. The minimum absolute atomic E-state index is 0.161. The molecule has 0 aliphatic heterocycles. The van der Waals surface area contributed by atoms with Crippen LogP contribution in [0, 0.1) is 0 Å². The summed E-state index contributed by atoms with van der Waals surface area (Å²) in [5.74, 6) is -0.161. The van der Waals surface area contributed by atoms with Crippen LogP contribution < -0.4 is 5.32 Å². The van der Waals surface area contributed by atoms with Gasteiger partial charge in [-0.1, -0.05) is 6.07 Å². The van der Waals surface area contributed by atoms with E-state index in [0.29, 0.717) is 5.69 Å². The summed E-state index contributed by atoms with van der Waals surface area (Å²) >= 11 is -2.03. The highest BCUT2D eigenvalue weighted by molar-refractivity contribution is 7.79. The highest BCUT2D eigenvalue weighted by atomic mass is 32.2. The predicted molar refractivity (Wildman–Crippen MR) is 62.7 cm³/mol. The van der Waals surface area contributed by atoms with Crippen molar-refractivity contribution in [1.82, 2.24) is 4.90 Å². The largest absolute Gasteiger partial charge is 0.325 e. The van der Waals surface area contributed by atoms with E-state index in [2.05, 4.69) is 5.32 Å². The van der Waals surface area contributed by atoms with Crippen LogP contribution in [0.3, 0.4) is 0 Å². The molecular formula is C10H14N2O3S.